The van der Waals surface area contributed by atoms with Gasteiger partial charge in [0, 0.05) is 31.4 Å². The number of methoxy groups -OCH3 is 2. The molecule has 1 unspecified atom stereocenters. The summed E-state index contributed by atoms with van der Waals surface area (Å²) in [6, 6.07) is 12.1. The second-order valence-corrected chi connectivity index (χ2v) is 9.05. The first kappa shape index (κ1) is 23.7. The Morgan fingerprint density at radius 1 is 0.941 bits per heavy atom. The molecule has 180 valence electrons. The molecule has 1 aliphatic carbocycles. The predicted octanol–water partition coefficient (Wildman–Crippen LogP) is 4.52. The van der Waals surface area contributed by atoms with E-state index in [0.29, 0.717) is 17.1 Å². The van der Waals surface area contributed by atoms with Gasteiger partial charge in [-0.15, -0.1) is 0 Å². The molecule has 7 heteroatoms. The predicted molar refractivity (Wildman–Crippen MR) is 131 cm³/mol. The molecule has 1 N–H and O–H groups in total. The van der Waals surface area contributed by atoms with Gasteiger partial charge in [-0.25, -0.2) is 0 Å². The number of rotatable bonds is 6. The largest absolute Gasteiger partial charge is 0.507 e. The molecule has 0 bridgehead atoms. The van der Waals surface area contributed by atoms with E-state index in [0.717, 1.165) is 43.4 Å². The van der Waals surface area contributed by atoms with Crippen LogP contribution in [0.2, 0.25) is 0 Å². The van der Waals surface area contributed by atoms with Gasteiger partial charge in [0.25, 0.3) is 11.7 Å². The number of amides is 1. The first-order valence-electron chi connectivity index (χ1n) is 11.7. The Labute approximate surface area is 200 Å². The first-order valence-corrected chi connectivity index (χ1v) is 11.7. The molecule has 7 nitrogen and oxygen atoms in total. The maximum Gasteiger partial charge on any atom is 0.295 e. The summed E-state index contributed by atoms with van der Waals surface area (Å²) in [5, 5.41) is 11.4. The summed E-state index contributed by atoms with van der Waals surface area (Å²) in [5.41, 5.74) is 2.32. The summed E-state index contributed by atoms with van der Waals surface area (Å²) in [7, 11) is 6.96. The third-order valence-electron chi connectivity index (χ3n) is 6.83. The average molecular weight is 465 g/mol. The fourth-order valence-electron chi connectivity index (χ4n) is 5.01. The molecule has 2 aromatic carbocycles. The van der Waals surface area contributed by atoms with E-state index in [1.807, 2.05) is 43.3 Å². The minimum Gasteiger partial charge on any atom is -0.507 e. The van der Waals surface area contributed by atoms with Crippen LogP contribution in [0.1, 0.15) is 49.3 Å². The van der Waals surface area contributed by atoms with Gasteiger partial charge in [0.1, 0.15) is 5.76 Å². The van der Waals surface area contributed by atoms with Gasteiger partial charge in [-0.3, -0.25) is 9.59 Å². The minimum atomic E-state index is -0.653. The van der Waals surface area contributed by atoms with Crippen LogP contribution in [-0.4, -0.2) is 56.1 Å². The molecule has 1 saturated carbocycles. The van der Waals surface area contributed by atoms with Crippen LogP contribution in [0.5, 0.6) is 11.5 Å². The van der Waals surface area contributed by atoms with Crippen molar-refractivity contribution < 1.29 is 24.2 Å². The number of anilines is 1. The number of hydrogen-bond donors (Lipinski definition) is 1. The van der Waals surface area contributed by atoms with Crippen LogP contribution in [0.15, 0.2) is 48.0 Å². The Kier molecular flexibility index (Phi) is 6.82. The Bertz CT molecular complexity index is 1100. The summed E-state index contributed by atoms with van der Waals surface area (Å²) in [6.07, 6.45) is 4.89. The zero-order chi connectivity index (χ0) is 24.4. The van der Waals surface area contributed by atoms with Crippen molar-refractivity contribution in [1.82, 2.24) is 4.90 Å². The van der Waals surface area contributed by atoms with E-state index in [9.17, 15) is 14.7 Å². The second kappa shape index (κ2) is 9.79. The molecule has 34 heavy (non-hydrogen) atoms. The quantitative estimate of drug-likeness (QED) is 0.385. The number of benzene rings is 2. The molecule has 0 spiro atoms. The molecule has 1 saturated heterocycles. The van der Waals surface area contributed by atoms with Gasteiger partial charge >= 0.3 is 0 Å². The maximum atomic E-state index is 13.3. The minimum absolute atomic E-state index is 0.0283. The van der Waals surface area contributed by atoms with Gasteiger partial charge in [-0.2, -0.15) is 0 Å². The molecule has 4 rings (SSSR count). The maximum absolute atomic E-state index is 13.3. The number of aliphatic hydroxyl groups excluding tert-OH is 1. The Balaban J connectivity index is 1.86. The fraction of sp³-hybridized carbons (Fsp3) is 0.407. The lowest BCUT2D eigenvalue weighted by molar-refractivity contribution is -0.141. The zero-order valence-corrected chi connectivity index (χ0v) is 20.2. The van der Waals surface area contributed by atoms with Gasteiger partial charge in [0.2, 0.25) is 0 Å². The summed E-state index contributed by atoms with van der Waals surface area (Å²) in [6.45, 7) is 0. The molecular weight excluding hydrogens is 432 g/mol. The van der Waals surface area contributed by atoms with Crippen molar-refractivity contribution in [2.45, 2.75) is 44.2 Å². The van der Waals surface area contributed by atoms with E-state index < -0.39 is 17.7 Å². The van der Waals surface area contributed by atoms with E-state index in [2.05, 4.69) is 0 Å². The molecule has 1 heterocycles. The third kappa shape index (κ3) is 4.22. The van der Waals surface area contributed by atoms with E-state index in [1.165, 1.54) is 14.2 Å². The SMILES string of the molecule is COc1ccc(/C(O)=C2/C(=O)C(=O)N(C3CCCCC3)C2c2ccc(N(C)C)cc2)cc1OC. The van der Waals surface area contributed by atoms with Crippen molar-refractivity contribution in [3.63, 3.8) is 0 Å². The number of carbonyl (C=O) groups excluding carboxylic acids is 2. The van der Waals surface area contributed by atoms with Crippen LogP contribution < -0.4 is 14.4 Å². The van der Waals surface area contributed by atoms with Crippen LogP contribution in [-0.2, 0) is 9.59 Å². The Morgan fingerprint density at radius 3 is 2.18 bits per heavy atom. The van der Waals surface area contributed by atoms with Gasteiger partial charge in [0.15, 0.2) is 11.5 Å². The van der Waals surface area contributed by atoms with E-state index in [4.69, 9.17) is 9.47 Å². The number of ether oxygens (including phenoxy) is 2. The van der Waals surface area contributed by atoms with E-state index in [-0.39, 0.29) is 17.4 Å². The monoisotopic (exact) mass is 464 g/mol. The van der Waals surface area contributed by atoms with Crippen LogP contribution >= 0.6 is 0 Å². The van der Waals surface area contributed by atoms with Crippen LogP contribution in [0.25, 0.3) is 5.76 Å². The molecular formula is C27H32N2O5. The average Bonchev–Trinajstić information content (AvgIpc) is 3.13. The van der Waals surface area contributed by atoms with Crippen molar-refractivity contribution in [3.05, 3.63) is 59.2 Å². The van der Waals surface area contributed by atoms with Crippen molar-refractivity contribution >= 4 is 23.1 Å². The molecule has 2 aromatic rings. The lowest BCUT2D eigenvalue weighted by atomic mass is 9.91. The third-order valence-corrected chi connectivity index (χ3v) is 6.83. The van der Waals surface area contributed by atoms with Gasteiger partial charge < -0.3 is 24.4 Å². The summed E-state index contributed by atoms with van der Waals surface area (Å²) in [5.74, 6) is -0.466. The lowest BCUT2D eigenvalue weighted by Gasteiger charge is -2.35. The molecule has 2 aliphatic rings. The molecule has 1 aliphatic heterocycles. The van der Waals surface area contributed by atoms with Crippen molar-refractivity contribution in [2.75, 3.05) is 33.2 Å². The number of aliphatic hydroxyl groups is 1. The highest BCUT2D eigenvalue weighted by Gasteiger charge is 2.48. The zero-order valence-electron chi connectivity index (χ0n) is 20.2. The molecule has 2 fully saturated rings. The van der Waals surface area contributed by atoms with Gasteiger partial charge in [-0.1, -0.05) is 31.4 Å². The molecule has 1 atom stereocenters. The second-order valence-electron chi connectivity index (χ2n) is 9.05. The van der Waals surface area contributed by atoms with Crippen LogP contribution in [0.3, 0.4) is 0 Å². The molecule has 1 amide bonds. The van der Waals surface area contributed by atoms with E-state index in [1.54, 1.807) is 23.1 Å². The van der Waals surface area contributed by atoms with Crippen LogP contribution in [0.4, 0.5) is 5.69 Å². The Hall–Kier alpha value is -3.48. The topological polar surface area (TPSA) is 79.3 Å². The van der Waals surface area contributed by atoms with Crippen molar-refractivity contribution in [3.8, 4) is 11.5 Å². The van der Waals surface area contributed by atoms with Crippen LogP contribution in [0, 0.1) is 0 Å². The number of hydrogen-bond acceptors (Lipinski definition) is 6. The molecule has 0 radical (unpaired) electrons. The first-order chi connectivity index (χ1) is 16.4. The van der Waals surface area contributed by atoms with Crippen molar-refractivity contribution in [1.29, 1.82) is 0 Å². The highest BCUT2D eigenvalue weighted by Crippen LogP contribution is 2.44. The van der Waals surface area contributed by atoms with Gasteiger partial charge in [-0.05, 0) is 48.7 Å². The summed E-state index contributed by atoms with van der Waals surface area (Å²) >= 11 is 0. The number of nitrogens with zero attached hydrogens (tertiary/aromatic N) is 2. The molecule has 0 aromatic heterocycles. The number of ketones is 1. The van der Waals surface area contributed by atoms with E-state index >= 15 is 0 Å². The Morgan fingerprint density at radius 2 is 1.59 bits per heavy atom. The van der Waals surface area contributed by atoms with Gasteiger partial charge in [0.05, 0.1) is 25.8 Å². The highest BCUT2D eigenvalue weighted by molar-refractivity contribution is 6.46. The highest BCUT2D eigenvalue weighted by atomic mass is 16.5. The number of Topliss-reactive ketones (excluding diaryl/α,β-unsaturated/α-hetero) is 1. The fourth-order valence-corrected chi connectivity index (χ4v) is 5.01. The lowest BCUT2D eigenvalue weighted by Crippen LogP contribution is -2.40. The number of carbonyl (C=O) groups is 2. The normalized spacial score (nSPS) is 20.5. The number of likely N-dealkylation sites (tertiary alicyclic amines) is 1. The summed E-state index contributed by atoms with van der Waals surface area (Å²) in [4.78, 5) is 30.3. The summed E-state index contributed by atoms with van der Waals surface area (Å²) < 4.78 is 10.7. The smallest absolute Gasteiger partial charge is 0.295 e. The standard InChI is InChI=1S/C27H32N2O5/c1-28(2)19-13-10-17(11-14-19)24-23(25(30)18-12-15-21(33-3)22(16-18)34-4)26(31)27(32)29(24)20-8-6-5-7-9-20/h10-16,20,24,30H,5-9H2,1-4H3/b25-23-. The van der Waals surface area contributed by atoms with Crippen molar-refractivity contribution in [2.24, 2.45) is 0 Å².